The molecule has 0 bridgehead atoms. The second-order valence-corrected chi connectivity index (χ2v) is 14.4. The molecule has 2 aromatic heterocycles. The van der Waals surface area contributed by atoms with Crippen LogP contribution in [-0.2, 0) is 19.1 Å². The summed E-state index contributed by atoms with van der Waals surface area (Å²) in [6.07, 6.45) is -1.40. The summed E-state index contributed by atoms with van der Waals surface area (Å²) in [6.45, 7) is 0. The summed E-state index contributed by atoms with van der Waals surface area (Å²) < 4.78 is 13.5. The van der Waals surface area contributed by atoms with Crippen molar-refractivity contribution in [2.24, 2.45) is 5.73 Å². The molecule has 2 N–H and O–H groups in total. The molecule has 0 saturated carbocycles. The molecule has 2 atom stereocenters. The van der Waals surface area contributed by atoms with Gasteiger partial charge in [-0.3, -0.25) is 9.69 Å². The van der Waals surface area contributed by atoms with Gasteiger partial charge in [-0.2, -0.15) is 0 Å². The van der Waals surface area contributed by atoms with E-state index in [1.54, 1.807) is 6.07 Å². The van der Waals surface area contributed by atoms with Crippen LogP contribution >= 0.6 is 23.5 Å². The van der Waals surface area contributed by atoms with E-state index < -0.39 is 30.2 Å². The first-order chi connectivity index (χ1) is 26.0. The van der Waals surface area contributed by atoms with Crippen LogP contribution in [0.5, 0.6) is 0 Å². The van der Waals surface area contributed by atoms with Crippen LogP contribution in [-0.4, -0.2) is 70.9 Å². The number of hydrogen-bond donors (Lipinski definition) is 1. The number of fused-ring (bicyclic) bond motifs is 2. The van der Waals surface area contributed by atoms with Crippen LogP contribution in [0.25, 0.3) is 5.65 Å². The lowest BCUT2D eigenvalue weighted by Crippen LogP contribution is -2.68. The number of benzene rings is 4. The Kier molecular flexibility index (Phi) is 9.72. The number of thioether (sulfide) groups is 2. The van der Waals surface area contributed by atoms with E-state index in [0.29, 0.717) is 16.4 Å². The van der Waals surface area contributed by atoms with Crippen LogP contribution < -0.4 is 5.73 Å². The highest BCUT2D eigenvalue weighted by atomic mass is 32.2. The van der Waals surface area contributed by atoms with E-state index in [2.05, 4.69) is 20.6 Å². The van der Waals surface area contributed by atoms with Crippen molar-refractivity contribution in [1.82, 2.24) is 30.2 Å². The number of tetrazole rings is 1. The topological polar surface area (TPSA) is 155 Å². The molecule has 1 saturated heterocycles. The van der Waals surface area contributed by atoms with Crippen molar-refractivity contribution in [3.63, 3.8) is 0 Å². The normalized spacial score (nSPS) is 16.8. The van der Waals surface area contributed by atoms with Gasteiger partial charge in [-0.1, -0.05) is 133 Å². The molecule has 264 valence electrons. The summed E-state index contributed by atoms with van der Waals surface area (Å²) in [5, 5.41) is 16.3. The highest BCUT2D eigenvalue weighted by Crippen LogP contribution is 2.42. The van der Waals surface area contributed by atoms with Crippen LogP contribution in [0, 0.1) is 0 Å². The average Bonchev–Trinajstić information content (AvgIpc) is 3.70. The molecule has 14 heteroatoms. The molecule has 4 heterocycles. The van der Waals surface area contributed by atoms with Gasteiger partial charge in [0, 0.05) is 11.5 Å². The zero-order valence-electron chi connectivity index (χ0n) is 28.0. The van der Waals surface area contributed by atoms with Gasteiger partial charge in [-0.15, -0.1) is 26.6 Å². The van der Waals surface area contributed by atoms with Gasteiger partial charge in [0.05, 0.1) is 0 Å². The smallest absolute Gasteiger partial charge is 0.356 e. The van der Waals surface area contributed by atoms with Crippen molar-refractivity contribution < 1.29 is 23.9 Å². The highest BCUT2D eigenvalue weighted by Gasteiger charge is 2.52. The van der Waals surface area contributed by atoms with E-state index in [0.717, 1.165) is 22.3 Å². The molecule has 0 aliphatic carbocycles. The minimum absolute atomic E-state index is 0.119. The first-order valence-corrected chi connectivity index (χ1v) is 18.8. The van der Waals surface area contributed by atoms with Gasteiger partial charge in [0.25, 0.3) is 0 Å². The Morgan fingerprint density at radius 2 is 1.30 bits per heavy atom. The molecule has 0 spiro atoms. The van der Waals surface area contributed by atoms with Gasteiger partial charge < -0.3 is 15.2 Å². The van der Waals surface area contributed by atoms with Crippen LogP contribution in [0.4, 0.5) is 0 Å². The molecule has 53 heavy (non-hydrogen) atoms. The predicted octanol–water partition coefficient (Wildman–Crippen LogP) is 5.39. The molecule has 12 nitrogen and oxygen atoms in total. The van der Waals surface area contributed by atoms with Crippen molar-refractivity contribution in [1.29, 1.82) is 0 Å². The maximum absolute atomic E-state index is 14.2. The first-order valence-electron chi connectivity index (χ1n) is 16.7. The Labute approximate surface area is 312 Å². The third-order valence-electron chi connectivity index (χ3n) is 8.91. The van der Waals surface area contributed by atoms with Gasteiger partial charge in [0.15, 0.2) is 12.2 Å². The number of ether oxygens (including phenoxy) is 2. The third-order valence-corrected chi connectivity index (χ3v) is 11.3. The van der Waals surface area contributed by atoms with Gasteiger partial charge in [0.2, 0.25) is 11.6 Å². The second-order valence-electron chi connectivity index (χ2n) is 12.3. The lowest BCUT2D eigenvalue weighted by molar-refractivity contribution is -0.153. The van der Waals surface area contributed by atoms with Gasteiger partial charge in [-0.05, 0) is 44.3 Å². The standard InChI is InChI=1S/C39H31N7O5S2/c40-31-36(47)45-32(39(49)51-34(26-17-9-3-10-18-26)27-19-11-4-12-20-27)28(23-53-37(31)45)22-52-30-21-29(35-41-43-44-46(35)42-30)38(48)50-33(24-13-5-1-6-14-24)25-15-7-2-8-16-25/h1-21,31,33-34,37H,22-23,40H2. The van der Waals surface area contributed by atoms with Crippen LogP contribution in [0.3, 0.4) is 0 Å². The number of β-lactam (4-membered cyclic amide) rings is 1. The van der Waals surface area contributed by atoms with Crippen LogP contribution in [0.1, 0.15) is 44.8 Å². The number of rotatable bonds is 11. The second kappa shape index (κ2) is 15.0. The Morgan fingerprint density at radius 1 is 0.792 bits per heavy atom. The molecular weight excluding hydrogens is 711 g/mol. The number of carbonyl (C=O) groups is 3. The maximum atomic E-state index is 14.2. The molecule has 2 aliphatic heterocycles. The van der Waals surface area contributed by atoms with E-state index in [1.807, 2.05) is 121 Å². The summed E-state index contributed by atoms with van der Waals surface area (Å²) in [5.41, 5.74) is 10.4. The largest absolute Gasteiger partial charge is 0.449 e. The SMILES string of the molecule is NC1C(=O)N2C(C(=O)OC(c3ccccc3)c3ccccc3)=C(CSc3cc(C(=O)OC(c4ccccc4)c4ccccc4)c4nnnn4n3)CSC12. The summed E-state index contributed by atoms with van der Waals surface area (Å²) in [7, 11) is 0. The molecule has 0 radical (unpaired) electrons. The number of amides is 1. The lowest BCUT2D eigenvalue weighted by Gasteiger charge is -2.48. The summed E-state index contributed by atoms with van der Waals surface area (Å²) in [6, 6.07) is 38.7. The van der Waals surface area contributed by atoms with Crippen molar-refractivity contribution >= 4 is 47.0 Å². The zero-order chi connectivity index (χ0) is 36.3. The molecule has 4 aromatic carbocycles. The van der Waals surface area contributed by atoms with Crippen molar-refractivity contribution in [3.8, 4) is 0 Å². The van der Waals surface area contributed by atoms with E-state index in [9.17, 15) is 14.4 Å². The predicted molar refractivity (Wildman–Crippen MR) is 198 cm³/mol. The summed E-state index contributed by atoms with van der Waals surface area (Å²) in [4.78, 5) is 42.7. The Bertz CT molecular complexity index is 2230. The summed E-state index contributed by atoms with van der Waals surface area (Å²) in [5.74, 6) is -0.948. The summed E-state index contributed by atoms with van der Waals surface area (Å²) >= 11 is 2.75. The lowest BCUT2D eigenvalue weighted by atomic mass is 10.0. The van der Waals surface area contributed by atoms with E-state index in [4.69, 9.17) is 15.2 Å². The quantitative estimate of drug-likeness (QED) is 0.103. The average molecular weight is 742 g/mol. The third kappa shape index (κ3) is 6.91. The maximum Gasteiger partial charge on any atom is 0.356 e. The molecule has 2 aliphatic rings. The first kappa shape index (κ1) is 34.3. The Morgan fingerprint density at radius 3 is 1.83 bits per heavy atom. The number of nitrogens with two attached hydrogens (primary N) is 1. The monoisotopic (exact) mass is 741 g/mol. The van der Waals surface area contributed by atoms with E-state index in [-0.39, 0.29) is 33.9 Å². The van der Waals surface area contributed by atoms with E-state index in [1.165, 1.54) is 33.1 Å². The molecule has 6 aromatic rings. The number of aromatic nitrogens is 5. The highest BCUT2D eigenvalue weighted by molar-refractivity contribution is 8.01. The number of nitrogens with zero attached hydrogens (tertiary/aromatic N) is 6. The number of esters is 2. The molecular formula is C39H31N7O5S2. The zero-order valence-corrected chi connectivity index (χ0v) is 29.6. The van der Waals surface area contributed by atoms with Crippen LogP contribution in [0.15, 0.2) is 144 Å². The van der Waals surface area contributed by atoms with Gasteiger partial charge in [-0.25, -0.2) is 9.59 Å². The van der Waals surface area contributed by atoms with Crippen LogP contribution in [0.2, 0.25) is 0 Å². The minimum atomic E-state index is -0.718. The fourth-order valence-corrected chi connectivity index (χ4v) is 8.60. The molecule has 2 unspecified atom stereocenters. The molecule has 1 fully saturated rings. The van der Waals surface area contributed by atoms with Crippen molar-refractivity contribution in [2.45, 2.75) is 28.6 Å². The van der Waals surface area contributed by atoms with E-state index >= 15 is 0 Å². The molecule has 1 amide bonds. The Hall–Kier alpha value is -5.83. The van der Waals surface area contributed by atoms with Gasteiger partial charge >= 0.3 is 11.9 Å². The fourth-order valence-electron chi connectivity index (χ4n) is 6.28. The Balaban J connectivity index is 1.09. The number of hydrogen-bond acceptors (Lipinski definition) is 12. The number of carbonyl (C=O) groups excluding carboxylic acids is 3. The van der Waals surface area contributed by atoms with Gasteiger partial charge in [0.1, 0.15) is 27.7 Å². The van der Waals surface area contributed by atoms with Crippen molar-refractivity contribution in [3.05, 3.63) is 166 Å². The van der Waals surface area contributed by atoms with Crippen molar-refractivity contribution in [2.75, 3.05) is 11.5 Å². The minimum Gasteiger partial charge on any atom is -0.449 e. The molecule has 8 rings (SSSR count). The fraction of sp³-hybridized carbons (Fsp3) is 0.154.